The van der Waals surface area contributed by atoms with Crippen LogP contribution in [0.5, 0.6) is 0 Å². The maximum Gasteiger partial charge on any atom is 0.252 e. The van der Waals surface area contributed by atoms with Gasteiger partial charge in [0.2, 0.25) is 0 Å². The van der Waals surface area contributed by atoms with Gasteiger partial charge in [-0.1, -0.05) is 13.8 Å². The highest BCUT2D eigenvalue weighted by molar-refractivity contribution is 6.02. The first-order chi connectivity index (χ1) is 14.5. The van der Waals surface area contributed by atoms with Crippen LogP contribution in [0.25, 0.3) is 16.6 Å². The molecule has 0 bridgehead atoms. The Bertz CT molecular complexity index is 1030. The molecule has 1 amide bonds. The fraction of sp³-hybridized carbons (Fsp3) is 0.318. The zero-order chi connectivity index (χ0) is 22.3. The topological polar surface area (TPSA) is 85.3 Å². The highest BCUT2D eigenvalue weighted by Gasteiger charge is 2.29. The number of fused-ring (bicyclic) bond motifs is 1. The zero-order valence-electron chi connectivity index (χ0n) is 17.0. The van der Waals surface area contributed by atoms with Crippen LogP contribution >= 0.6 is 0 Å². The molecule has 8 heteroatoms. The zero-order valence-corrected chi connectivity index (χ0v) is 17.0. The Morgan fingerprint density at radius 1 is 1.30 bits per heavy atom. The molecule has 0 aromatic carbocycles. The lowest BCUT2D eigenvalue weighted by Gasteiger charge is -2.19. The molecule has 1 aliphatic rings. The Balaban J connectivity index is 0.000000757. The summed E-state index contributed by atoms with van der Waals surface area (Å²) < 4.78 is 29.7. The molecule has 158 valence electrons. The van der Waals surface area contributed by atoms with Crippen molar-refractivity contribution in [3.63, 3.8) is 0 Å². The minimum absolute atomic E-state index is 0.177. The van der Waals surface area contributed by atoms with Gasteiger partial charge in [-0.2, -0.15) is 5.10 Å². The molecule has 6 nitrogen and oxygen atoms in total. The van der Waals surface area contributed by atoms with Crippen LogP contribution in [0.3, 0.4) is 0 Å². The summed E-state index contributed by atoms with van der Waals surface area (Å²) in [6.07, 6.45) is 14.5. The molecule has 3 heterocycles. The molecule has 3 N–H and O–H groups in total. The second-order valence-corrected chi connectivity index (χ2v) is 6.41. The van der Waals surface area contributed by atoms with Crippen molar-refractivity contribution in [3.8, 4) is 24.0 Å². The van der Waals surface area contributed by atoms with Crippen molar-refractivity contribution in [2.24, 2.45) is 5.73 Å². The highest BCUT2D eigenvalue weighted by Crippen LogP contribution is 2.32. The van der Waals surface area contributed by atoms with Crippen molar-refractivity contribution < 1.29 is 13.6 Å². The third-order valence-corrected chi connectivity index (χ3v) is 4.75. The van der Waals surface area contributed by atoms with Crippen molar-refractivity contribution in [1.82, 2.24) is 14.6 Å². The molecule has 1 fully saturated rings. The largest absolute Gasteiger partial charge is 0.377 e. The maximum atomic E-state index is 14.1. The van der Waals surface area contributed by atoms with Gasteiger partial charge in [0.15, 0.2) is 0 Å². The number of anilines is 1. The summed E-state index contributed by atoms with van der Waals surface area (Å²) in [5.74, 6) is -1.12. The van der Waals surface area contributed by atoms with Crippen LogP contribution in [0, 0.1) is 18.7 Å². The lowest BCUT2D eigenvalue weighted by atomic mass is 10.1. The minimum atomic E-state index is -0.990. The van der Waals surface area contributed by atoms with E-state index in [0.717, 1.165) is 12.6 Å². The van der Waals surface area contributed by atoms with E-state index in [2.05, 4.69) is 28.2 Å². The first-order valence-corrected chi connectivity index (χ1v) is 9.69. The van der Waals surface area contributed by atoms with Crippen LogP contribution < -0.4 is 11.1 Å². The van der Waals surface area contributed by atoms with E-state index in [-0.39, 0.29) is 5.56 Å². The summed E-state index contributed by atoms with van der Waals surface area (Å²) >= 11 is 0. The van der Waals surface area contributed by atoms with E-state index in [4.69, 9.17) is 5.73 Å². The van der Waals surface area contributed by atoms with Gasteiger partial charge in [0.25, 0.3) is 5.91 Å². The van der Waals surface area contributed by atoms with E-state index in [9.17, 15) is 13.6 Å². The van der Waals surface area contributed by atoms with E-state index >= 15 is 0 Å². The van der Waals surface area contributed by atoms with Crippen LogP contribution in [0.4, 0.5) is 14.5 Å². The molecule has 30 heavy (non-hydrogen) atoms. The monoisotopic (exact) mass is 413 g/mol. The number of carbonyl (C=O) groups excluding carboxylic acids is 1. The van der Waals surface area contributed by atoms with Gasteiger partial charge in [-0.15, -0.1) is 12.8 Å². The number of nitrogens with one attached hydrogen (secondary N) is 1. The van der Waals surface area contributed by atoms with Gasteiger partial charge >= 0.3 is 0 Å². The maximum absolute atomic E-state index is 14.1. The van der Waals surface area contributed by atoms with Crippen LogP contribution in [-0.4, -0.2) is 32.7 Å². The molecular weight excluding hydrogens is 388 g/mol. The van der Waals surface area contributed by atoms with Gasteiger partial charge in [0, 0.05) is 23.5 Å². The molecule has 4 rings (SSSR count). The fourth-order valence-corrected chi connectivity index (χ4v) is 3.41. The smallest absolute Gasteiger partial charge is 0.252 e. The number of alkyl halides is 1. The summed E-state index contributed by atoms with van der Waals surface area (Å²) in [7, 11) is 0. The number of hydrogen-bond donors (Lipinski definition) is 2. The molecule has 1 aliphatic carbocycles. The van der Waals surface area contributed by atoms with Crippen molar-refractivity contribution in [1.29, 1.82) is 0 Å². The van der Waals surface area contributed by atoms with Gasteiger partial charge < -0.3 is 11.1 Å². The summed E-state index contributed by atoms with van der Waals surface area (Å²) in [5, 5.41) is 7.30. The predicted molar refractivity (Wildman–Crippen MR) is 114 cm³/mol. The number of nitrogens with two attached hydrogens (primary N) is 1. The Morgan fingerprint density at radius 2 is 2.03 bits per heavy atom. The van der Waals surface area contributed by atoms with Gasteiger partial charge in [-0.25, -0.2) is 13.3 Å². The number of hydrogen-bond acceptors (Lipinski definition) is 4. The summed E-state index contributed by atoms with van der Waals surface area (Å²) in [5.41, 5.74) is 7.53. The van der Waals surface area contributed by atoms with Crippen LogP contribution in [0.2, 0.25) is 0 Å². The summed E-state index contributed by atoms with van der Waals surface area (Å²) in [4.78, 5) is 15.6. The molecule has 0 spiro atoms. The number of pyridine rings is 1. The van der Waals surface area contributed by atoms with E-state index < -0.39 is 23.9 Å². The van der Waals surface area contributed by atoms with Crippen LogP contribution in [0.1, 0.15) is 43.5 Å². The van der Waals surface area contributed by atoms with Gasteiger partial charge in [-0.05, 0) is 31.4 Å². The first-order valence-electron chi connectivity index (χ1n) is 9.69. The van der Waals surface area contributed by atoms with Crippen molar-refractivity contribution in [2.45, 2.75) is 45.3 Å². The van der Waals surface area contributed by atoms with Crippen LogP contribution in [-0.2, 0) is 0 Å². The third-order valence-electron chi connectivity index (χ3n) is 4.75. The van der Waals surface area contributed by atoms with E-state index in [1.165, 1.54) is 16.9 Å². The van der Waals surface area contributed by atoms with Gasteiger partial charge in [-0.3, -0.25) is 9.78 Å². The standard InChI is InChI=1S/C18H17F2N5O.C2H6.C2H2/c19-13-2-1-3-15(13)24-17-12(18(21)26)7-23-25-9-10(6-16(17)25)11-4-5-22-8-14(11)20;2*1-2/h4-9,13,15,24H,1-3H2,(H2,21,26);1-2H3;1-2H/t13-,15+;;/m0../s1. The van der Waals surface area contributed by atoms with Crippen molar-refractivity contribution in [2.75, 3.05) is 5.32 Å². The number of carbonyl (C=O) groups is 1. The molecule has 2 atom stereocenters. The SMILES string of the molecule is C#C.CC.NC(=O)c1cnn2cc(-c3ccncc3F)cc2c1N[C@@H]1CCC[C@@H]1F. The molecule has 0 unspecified atom stereocenters. The van der Waals surface area contributed by atoms with Crippen LogP contribution in [0.15, 0.2) is 36.9 Å². The number of nitrogens with zero attached hydrogens (tertiary/aromatic N) is 3. The van der Waals surface area contributed by atoms with Gasteiger partial charge in [0.05, 0.1) is 35.2 Å². The van der Waals surface area contributed by atoms with E-state index in [1.54, 1.807) is 18.3 Å². The minimum Gasteiger partial charge on any atom is -0.377 e. The number of rotatable bonds is 4. The number of aromatic nitrogens is 3. The van der Waals surface area contributed by atoms with Crippen molar-refractivity contribution in [3.05, 3.63) is 48.3 Å². The summed E-state index contributed by atoms with van der Waals surface area (Å²) in [6.45, 7) is 4.00. The lowest BCUT2D eigenvalue weighted by Crippen LogP contribution is -2.27. The Labute approximate surface area is 174 Å². The first kappa shape index (κ1) is 22.8. The fourth-order valence-electron chi connectivity index (χ4n) is 3.41. The number of primary amides is 1. The third kappa shape index (κ3) is 4.57. The average molecular weight is 413 g/mol. The van der Waals surface area contributed by atoms with E-state index in [1.807, 2.05) is 13.8 Å². The quantitative estimate of drug-likeness (QED) is 0.628. The molecule has 0 aliphatic heterocycles. The predicted octanol–water partition coefficient (Wildman–Crippen LogP) is 4.21. The molecule has 3 aromatic rings. The Kier molecular flexibility index (Phi) is 7.87. The second kappa shape index (κ2) is 10.3. The number of terminal acetylenes is 1. The molecule has 0 radical (unpaired) electrons. The van der Waals surface area contributed by atoms with Gasteiger partial charge in [0.1, 0.15) is 12.0 Å². The van der Waals surface area contributed by atoms with Crippen molar-refractivity contribution >= 4 is 17.1 Å². The number of amides is 1. The molecule has 1 saturated carbocycles. The number of halogens is 2. The highest BCUT2D eigenvalue weighted by atomic mass is 19.1. The Morgan fingerprint density at radius 3 is 2.63 bits per heavy atom. The molecular formula is C22H25F2N5O. The second-order valence-electron chi connectivity index (χ2n) is 6.41. The van der Waals surface area contributed by atoms with E-state index in [0.29, 0.717) is 35.2 Å². The molecule has 3 aromatic heterocycles. The summed E-state index contributed by atoms with van der Waals surface area (Å²) in [6, 6.07) is 2.86. The lowest BCUT2D eigenvalue weighted by molar-refractivity contribution is 0.100. The normalized spacial score (nSPS) is 17.4. The average Bonchev–Trinajstić information content (AvgIpc) is 3.37. The molecule has 0 saturated heterocycles. The Hall–Kier alpha value is -3.47.